The van der Waals surface area contributed by atoms with E-state index in [9.17, 15) is 4.79 Å². The topological polar surface area (TPSA) is 84.2 Å². The maximum Gasteiger partial charge on any atom is 0.253 e. The van der Waals surface area contributed by atoms with Crippen molar-refractivity contribution in [3.05, 3.63) is 71.5 Å². The Morgan fingerprint density at radius 2 is 1.97 bits per heavy atom. The zero-order valence-electron chi connectivity index (χ0n) is 16.6. The summed E-state index contributed by atoms with van der Waals surface area (Å²) in [6, 6.07) is 15.6. The number of likely N-dealkylation sites (tertiary alicyclic amines) is 1. The third kappa shape index (κ3) is 4.03. The number of H-pyrrole nitrogens is 1. The minimum Gasteiger partial charge on any atom is -0.497 e. The number of hydrogen-bond donors (Lipinski definition) is 2. The molecule has 4 rings (SSSR count). The number of ether oxygens (including phenoxy) is 1. The highest BCUT2D eigenvalue weighted by Gasteiger charge is 2.27. The molecule has 1 aliphatic heterocycles. The van der Waals surface area contributed by atoms with Crippen LogP contribution in [0, 0.1) is 0 Å². The van der Waals surface area contributed by atoms with Crippen LogP contribution >= 0.6 is 0 Å². The van der Waals surface area contributed by atoms with Crippen LogP contribution in [0.2, 0.25) is 0 Å². The monoisotopic (exact) mass is 390 g/mol. The fourth-order valence-corrected chi connectivity index (χ4v) is 3.97. The van der Waals surface area contributed by atoms with E-state index in [0.717, 1.165) is 59.6 Å². The van der Waals surface area contributed by atoms with Gasteiger partial charge in [-0.2, -0.15) is 5.10 Å². The number of aromatic nitrogens is 2. The van der Waals surface area contributed by atoms with E-state index in [1.807, 2.05) is 53.6 Å². The first-order valence-electron chi connectivity index (χ1n) is 9.95. The van der Waals surface area contributed by atoms with Gasteiger partial charge >= 0.3 is 0 Å². The summed E-state index contributed by atoms with van der Waals surface area (Å²) in [6.45, 7) is 1.96. The van der Waals surface area contributed by atoms with Crippen LogP contribution in [-0.2, 0) is 6.54 Å². The summed E-state index contributed by atoms with van der Waals surface area (Å²) in [6.07, 6.45) is 3.69. The molecule has 0 spiro atoms. The molecule has 1 aromatic heterocycles. The Morgan fingerprint density at radius 3 is 2.66 bits per heavy atom. The predicted molar refractivity (Wildman–Crippen MR) is 113 cm³/mol. The van der Waals surface area contributed by atoms with Crippen molar-refractivity contribution in [2.75, 3.05) is 20.2 Å². The van der Waals surface area contributed by atoms with Crippen molar-refractivity contribution < 1.29 is 9.53 Å². The summed E-state index contributed by atoms with van der Waals surface area (Å²) in [5, 5.41) is 7.48. The smallest absolute Gasteiger partial charge is 0.253 e. The molecule has 29 heavy (non-hydrogen) atoms. The molecule has 0 atom stereocenters. The number of aromatic amines is 1. The van der Waals surface area contributed by atoms with Gasteiger partial charge in [-0.25, -0.2) is 0 Å². The van der Waals surface area contributed by atoms with Gasteiger partial charge in [0, 0.05) is 42.4 Å². The Labute approximate surface area is 170 Å². The van der Waals surface area contributed by atoms with Crippen molar-refractivity contribution >= 4 is 5.91 Å². The number of piperidine rings is 1. The predicted octanol–water partition coefficient (Wildman–Crippen LogP) is 3.56. The third-order valence-electron chi connectivity index (χ3n) is 5.68. The van der Waals surface area contributed by atoms with Crippen LogP contribution in [0.3, 0.4) is 0 Å². The molecule has 3 aromatic rings. The van der Waals surface area contributed by atoms with Gasteiger partial charge in [0.05, 0.1) is 13.3 Å². The number of nitrogens with two attached hydrogens (primary N) is 1. The third-order valence-corrected chi connectivity index (χ3v) is 5.68. The average Bonchev–Trinajstić information content (AvgIpc) is 3.29. The van der Waals surface area contributed by atoms with Crippen LogP contribution in [0.1, 0.15) is 40.4 Å². The Hall–Kier alpha value is -3.12. The highest BCUT2D eigenvalue weighted by Crippen LogP contribution is 2.35. The van der Waals surface area contributed by atoms with Crippen molar-refractivity contribution in [3.8, 4) is 16.9 Å². The van der Waals surface area contributed by atoms with E-state index in [1.54, 1.807) is 7.11 Å². The van der Waals surface area contributed by atoms with E-state index in [2.05, 4.69) is 16.3 Å². The van der Waals surface area contributed by atoms with Crippen molar-refractivity contribution in [1.29, 1.82) is 0 Å². The molecule has 0 saturated carbocycles. The Morgan fingerprint density at radius 1 is 1.21 bits per heavy atom. The molecule has 6 heteroatoms. The summed E-state index contributed by atoms with van der Waals surface area (Å²) in [5.74, 6) is 1.27. The maximum absolute atomic E-state index is 12.8. The largest absolute Gasteiger partial charge is 0.497 e. The summed E-state index contributed by atoms with van der Waals surface area (Å²) in [7, 11) is 1.67. The molecule has 0 aliphatic carbocycles. The zero-order valence-corrected chi connectivity index (χ0v) is 16.6. The number of benzene rings is 2. The molecular weight excluding hydrogens is 364 g/mol. The lowest BCUT2D eigenvalue weighted by molar-refractivity contribution is 0.0712. The molecule has 1 aliphatic rings. The number of carbonyl (C=O) groups is 1. The van der Waals surface area contributed by atoms with E-state index in [0.29, 0.717) is 12.5 Å². The second-order valence-electron chi connectivity index (χ2n) is 7.40. The molecule has 2 heterocycles. The summed E-state index contributed by atoms with van der Waals surface area (Å²) in [5.41, 5.74) is 10.7. The number of nitrogens with zero attached hydrogens (tertiary/aromatic N) is 2. The summed E-state index contributed by atoms with van der Waals surface area (Å²) < 4.78 is 5.35. The standard InChI is InChI=1S/C23H26N4O2/c1-29-20-4-2-3-19(13-20)21-15-25-26-22(21)17-9-11-27(12-10-17)23(28)18-7-5-16(14-24)6-8-18/h2-8,13,15,17H,9-12,14,24H2,1H3,(H,25,26). The first-order chi connectivity index (χ1) is 14.2. The van der Waals surface area contributed by atoms with Crippen LogP contribution in [-0.4, -0.2) is 41.2 Å². The molecule has 6 nitrogen and oxygen atoms in total. The molecule has 150 valence electrons. The second kappa shape index (κ2) is 8.49. The van der Waals surface area contributed by atoms with Gasteiger partial charge in [-0.3, -0.25) is 9.89 Å². The van der Waals surface area contributed by atoms with Crippen LogP contribution < -0.4 is 10.5 Å². The van der Waals surface area contributed by atoms with E-state index in [4.69, 9.17) is 10.5 Å². The Balaban J connectivity index is 1.45. The average molecular weight is 390 g/mol. The van der Waals surface area contributed by atoms with Crippen LogP contribution in [0.5, 0.6) is 5.75 Å². The molecule has 0 radical (unpaired) electrons. The molecule has 1 saturated heterocycles. The molecule has 3 N–H and O–H groups in total. The normalized spacial score (nSPS) is 14.8. The van der Waals surface area contributed by atoms with Crippen molar-refractivity contribution in [1.82, 2.24) is 15.1 Å². The minimum absolute atomic E-state index is 0.0876. The number of hydrogen-bond acceptors (Lipinski definition) is 4. The first-order valence-corrected chi connectivity index (χ1v) is 9.95. The highest BCUT2D eigenvalue weighted by molar-refractivity contribution is 5.94. The quantitative estimate of drug-likeness (QED) is 0.698. The minimum atomic E-state index is 0.0876. The van der Waals surface area contributed by atoms with Crippen molar-refractivity contribution in [2.45, 2.75) is 25.3 Å². The number of rotatable bonds is 5. The van der Waals surface area contributed by atoms with E-state index in [-0.39, 0.29) is 5.91 Å². The van der Waals surface area contributed by atoms with Crippen LogP contribution in [0.25, 0.3) is 11.1 Å². The fourth-order valence-electron chi connectivity index (χ4n) is 3.97. The van der Waals surface area contributed by atoms with Crippen molar-refractivity contribution in [3.63, 3.8) is 0 Å². The maximum atomic E-state index is 12.8. The van der Waals surface area contributed by atoms with Gasteiger partial charge in [0.15, 0.2) is 0 Å². The van der Waals surface area contributed by atoms with Crippen molar-refractivity contribution in [2.24, 2.45) is 5.73 Å². The lowest BCUT2D eigenvalue weighted by Gasteiger charge is -2.32. The number of methoxy groups -OCH3 is 1. The van der Waals surface area contributed by atoms with E-state index in [1.165, 1.54) is 0 Å². The lowest BCUT2D eigenvalue weighted by atomic mass is 9.89. The molecule has 0 unspecified atom stereocenters. The van der Waals surface area contributed by atoms with Crippen LogP contribution in [0.4, 0.5) is 0 Å². The molecular formula is C23H26N4O2. The summed E-state index contributed by atoms with van der Waals surface area (Å²) >= 11 is 0. The first kappa shape index (κ1) is 19.2. The van der Waals surface area contributed by atoms with Gasteiger partial charge in [0.1, 0.15) is 5.75 Å². The Kier molecular flexibility index (Phi) is 5.62. The molecule has 1 fully saturated rings. The molecule has 0 bridgehead atoms. The van der Waals surface area contributed by atoms with Crippen LogP contribution in [0.15, 0.2) is 54.7 Å². The van der Waals surface area contributed by atoms with Gasteiger partial charge in [0.2, 0.25) is 0 Å². The number of amides is 1. The SMILES string of the molecule is COc1cccc(-c2cn[nH]c2C2CCN(C(=O)c3ccc(CN)cc3)CC2)c1. The van der Waals surface area contributed by atoms with Gasteiger partial charge in [-0.15, -0.1) is 0 Å². The van der Waals surface area contributed by atoms with Gasteiger partial charge in [-0.1, -0.05) is 24.3 Å². The number of carbonyl (C=O) groups excluding carboxylic acids is 1. The van der Waals surface area contributed by atoms with Gasteiger partial charge in [-0.05, 0) is 48.2 Å². The highest BCUT2D eigenvalue weighted by atomic mass is 16.5. The lowest BCUT2D eigenvalue weighted by Crippen LogP contribution is -2.38. The van der Waals surface area contributed by atoms with Gasteiger partial charge in [0.25, 0.3) is 5.91 Å². The van der Waals surface area contributed by atoms with E-state index >= 15 is 0 Å². The molecule has 1 amide bonds. The summed E-state index contributed by atoms with van der Waals surface area (Å²) in [4.78, 5) is 14.8. The number of nitrogens with one attached hydrogen (secondary N) is 1. The zero-order chi connectivity index (χ0) is 20.2. The molecule has 2 aromatic carbocycles. The van der Waals surface area contributed by atoms with E-state index < -0.39 is 0 Å². The second-order valence-corrected chi connectivity index (χ2v) is 7.40. The van der Waals surface area contributed by atoms with Gasteiger partial charge < -0.3 is 15.4 Å². The Bertz CT molecular complexity index is 973. The fraction of sp³-hybridized carbons (Fsp3) is 0.304.